The maximum absolute atomic E-state index is 5.16. The van der Waals surface area contributed by atoms with E-state index in [1.165, 1.54) is 0 Å². The van der Waals surface area contributed by atoms with Crippen molar-refractivity contribution < 1.29 is 0 Å². The smallest absolute Gasteiger partial charge is 0.778 e. The van der Waals surface area contributed by atoms with Crippen molar-refractivity contribution in [3.05, 3.63) is 66.2 Å². The van der Waals surface area contributed by atoms with E-state index in [2.05, 4.69) is 4.99 Å². The fourth-order valence-electron chi connectivity index (χ4n) is 1.41. The summed E-state index contributed by atoms with van der Waals surface area (Å²) >= 11 is 5.16. The first-order chi connectivity index (χ1) is 8.36. The van der Waals surface area contributed by atoms with Crippen LogP contribution in [-0.4, -0.2) is 33.5 Å². The number of hydrogen-bond donors (Lipinski definition) is 0. The number of aliphatic imine (C=N–C) groups is 1. The Bertz CT molecular complexity index is 535. The topological polar surface area (TPSA) is 12.4 Å². The van der Waals surface area contributed by atoms with Gasteiger partial charge in [-0.2, -0.15) is 0 Å². The molecule has 86 valence electrons. The zero-order chi connectivity index (χ0) is 11.9. The SMILES string of the molecule is [S-]c1ccccc1N=C/C=C/c1ccccc1.[Tl+]. The molecule has 0 aliphatic carbocycles. The van der Waals surface area contributed by atoms with Gasteiger partial charge in [0.2, 0.25) is 0 Å². The van der Waals surface area contributed by atoms with Gasteiger partial charge in [-0.15, -0.1) is 4.90 Å². The van der Waals surface area contributed by atoms with Gasteiger partial charge >= 0.3 is 27.3 Å². The molecule has 18 heavy (non-hydrogen) atoms. The van der Waals surface area contributed by atoms with Crippen molar-refractivity contribution in [2.75, 3.05) is 0 Å². The molecular weight excluding hydrogens is 431 g/mol. The van der Waals surface area contributed by atoms with Crippen molar-refractivity contribution in [2.45, 2.75) is 4.90 Å². The minimum absolute atomic E-state index is 0. The minimum Gasteiger partial charge on any atom is -0.778 e. The van der Waals surface area contributed by atoms with Crippen LogP contribution in [0.5, 0.6) is 0 Å². The molecule has 1 nitrogen and oxygen atoms in total. The van der Waals surface area contributed by atoms with Crippen molar-refractivity contribution in [3.8, 4) is 0 Å². The molecule has 0 aliphatic heterocycles. The molecule has 0 bridgehead atoms. The predicted octanol–water partition coefficient (Wildman–Crippen LogP) is 3.63. The summed E-state index contributed by atoms with van der Waals surface area (Å²) in [6, 6.07) is 17.8. The summed E-state index contributed by atoms with van der Waals surface area (Å²) in [6.45, 7) is 0. The van der Waals surface area contributed by atoms with Crippen LogP contribution >= 0.6 is 0 Å². The van der Waals surface area contributed by atoms with E-state index < -0.39 is 0 Å². The second kappa shape index (κ2) is 8.16. The van der Waals surface area contributed by atoms with Crippen LogP contribution in [0.15, 0.2) is 70.6 Å². The summed E-state index contributed by atoms with van der Waals surface area (Å²) < 4.78 is 0. The molecule has 0 aliphatic rings. The first-order valence-electron chi connectivity index (χ1n) is 5.38. The molecule has 0 aromatic heterocycles. The summed E-state index contributed by atoms with van der Waals surface area (Å²) in [5, 5.41) is 0. The maximum Gasteiger partial charge on any atom is 1.00 e. The molecule has 0 spiro atoms. The molecule has 0 radical (unpaired) electrons. The molecule has 0 amide bonds. The number of benzene rings is 2. The van der Waals surface area contributed by atoms with Crippen molar-refractivity contribution in [2.24, 2.45) is 4.99 Å². The molecule has 2 aromatic carbocycles. The monoisotopic (exact) mass is 443 g/mol. The molecule has 0 fully saturated rings. The van der Waals surface area contributed by atoms with Gasteiger partial charge in [0.25, 0.3) is 0 Å². The molecule has 0 atom stereocenters. The van der Waals surface area contributed by atoms with Crippen LogP contribution in [0.2, 0.25) is 0 Å². The fourth-order valence-corrected chi connectivity index (χ4v) is 1.60. The van der Waals surface area contributed by atoms with Gasteiger partial charge < -0.3 is 12.6 Å². The van der Waals surface area contributed by atoms with Crippen molar-refractivity contribution in [1.29, 1.82) is 0 Å². The molecule has 0 heterocycles. The van der Waals surface area contributed by atoms with E-state index >= 15 is 0 Å². The van der Waals surface area contributed by atoms with Crippen LogP contribution in [0.25, 0.3) is 6.08 Å². The summed E-state index contributed by atoms with van der Waals surface area (Å²) in [7, 11) is 0. The van der Waals surface area contributed by atoms with Crippen molar-refractivity contribution in [1.82, 2.24) is 0 Å². The van der Waals surface area contributed by atoms with E-state index in [4.69, 9.17) is 12.6 Å². The van der Waals surface area contributed by atoms with Crippen LogP contribution in [0.4, 0.5) is 5.69 Å². The molecule has 0 unspecified atom stereocenters. The van der Waals surface area contributed by atoms with Gasteiger partial charge in [0.05, 0.1) is 0 Å². The first kappa shape index (κ1) is 15.1. The number of hydrogen-bond acceptors (Lipinski definition) is 2. The predicted molar refractivity (Wildman–Crippen MR) is 81.5 cm³/mol. The fraction of sp³-hybridized carbons (Fsp3) is 0. The molecule has 2 aromatic rings. The normalized spacial score (nSPS) is 10.7. The number of para-hydroxylation sites is 1. The van der Waals surface area contributed by atoms with Gasteiger partial charge in [0, 0.05) is 11.9 Å². The van der Waals surface area contributed by atoms with E-state index in [0.717, 1.165) is 16.1 Å². The van der Waals surface area contributed by atoms with E-state index in [0.29, 0.717) is 0 Å². The van der Waals surface area contributed by atoms with Gasteiger partial charge in [-0.3, -0.25) is 4.99 Å². The maximum atomic E-state index is 5.16. The molecule has 0 N–H and O–H groups in total. The number of nitrogens with zero attached hydrogens (tertiary/aromatic N) is 1. The molecular formula is C15H12NSTl. The van der Waals surface area contributed by atoms with E-state index in [-0.39, 0.29) is 27.3 Å². The van der Waals surface area contributed by atoms with Gasteiger partial charge in [0.1, 0.15) is 0 Å². The third-order valence-corrected chi connectivity index (χ3v) is 2.60. The Kier molecular flexibility index (Phi) is 6.82. The van der Waals surface area contributed by atoms with E-state index in [1.807, 2.05) is 66.7 Å². The summed E-state index contributed by atoms with van der Waals surface area (Å²) in [6.07, 6.45) is 5.69. The zero-order valence-electron chi connectivity index (χ0n) is 9.86. The van der Waals surface area contributed by atoms with E-state index in [1.54, 1.807) is 6.21 Å². The van der Waals surface area contributed by atoms with Crippen molar-refractivity contribution in [3.63, 3.8) is 0 Å². The van der Waals surface area contributed by atoms with Crippen LogP contribution in [0.3, 0.4) is 0 Å². The Labute approximate surface area is 133 Å². The average Bonchev–Trinajstić information content (AvgIpc) is 2.38. The quantitative estimate of drug-likeness (QED) is 0.402. The van der Waals surface area contributed by atoms with Crippen LogP contribution in [0.1, 0.15) is 5.56 Å². The zero-order valence-corrected chi connectivity index (χ0v) is 15.2. The Morgan fingerprint density at radius 2 is 1.56 bits per heavy atom. The van der Waals surface area contributed by atoms with Crippen molar-refractivity contribution >= 4 is 57.9 Å². The third-order valence-electron chi connectivity index (χ3n) is 2.25. The second-order valence-electron chi connectivity index (χ2n) is 3.52. The van der Waals surface area contributed by atoms with E-state index in [9.17, 15) is 0 Å². The van der Waals surface area contributed by atoms with Gasteiger partial charge in [-0.25, -0.2) is 0 Å². The Morgan fingerprint density at radius 3 is 2.28 bits per heavy atom. The van der Waals surface area contributed by atoms with Gasteiger partial charge in [-0.05, 0) is 17.7 Å². The largest absolute Gasteiger partial charge is 1.00 e. The molecule has 3 heteroatoms. The Balaban J connectivity index is 0.00000162. The van der Waals surface area contributed by atoms with Crippen LogP contribution in [-0.2, 0) is 12.6 Å². The standard InChI is InChI=1S/C15H13NS.Tl/c17-15-11-5-4-10-14(15)16-12-6-9-13-7-2-1-3-8-13;/h1-12,17H;/q;+1/p-1/b9-6+,16-12?;. The first-order valence-corrected chi connectivity index (χ1v) is 5.79. The molecule has 0 saturated carbocycles. The average molecular weight is 443 g/mol. The number of allylic oxidation sites excluding steroid dienone is 1. The minimum atomic E-state index is 0. The number of rotatable bonds is 3. The Morgan fingerprint density at radius 1 is 0.889 bits per heavy atom. The Hall–Kier alpha value is -1.01. The second-order valence-corrected chi connectivity index (χ2v) is 3.96. The van der Waals surface area contributed by atoms with Crippen LogP contribution in [0, 0.1) is 0 Å². The molecule has 2 rings (SSSR count). The summed E-state index contributed by atoms with van der Waals surface area (Å²) in [5.74, 6) is 0. The third kappa shape index (κ3) is 4.70. The van der Waals surface area contributed by atoms with Crippen LogP contribution < -0.4 is 0 Å². The van der Waals surface area contributed by atoms with Gasteiger partial charge in [0.15, 0.2) is 0 Å². The van der Waals surface area contributed by atoms with Gasteiger partial charge in [-0.1, -0.05) is 54.6 Å². The molecule has 0 saturated heterocycles. The summed E-state index contributed by atoms with van der Waals surface area (Å²) in [4.78, 5) is 5.08. The summed E-state index contributed by atoms with van der Waals surface area (Å²) in [5.41, 5.74) is 1.99.